The number of hydrogen-bond acceptors (Lipinski definition) is 2. The summed E-state index contributed by atoms with van der Waals surface area (Å²) in [5.74, 6) is 0. The molecule has 0 aliphatic carbocycles. The monoisotopic (exact) mass is 554 g/mol. The Balaban J connectivity index is 0.000000406. The first kappa shape index (κ1) is 25.6. The summed E-state index contributed by atoms with van der Waals surface area (Å²) in [6, 6.07) is 8.32. The Hall–Kier alpha value is -0.421. The molecule has 0 N–H and O–H groups in total. The fourth-order valence-corrected chi connectivity index (χ4v) is 20.6. The van der Waals surface area contributed by atoms with Crippen molar-refractivity contribution < 1.29 is 0 Å². The zero-order chi connectivity index (χ0) is 20.8. The molecule has 28 heavy (non-hydrogen) atoms. The van der Waals surface area contributed by atoms with E-state index in [1.54, 1.807) is 9.91 Å². The molecule has 0 saturated heterocycles. The first-order valence-electron chi connectivity index (χ1n) is 11.0. The molecule has 0 fully saturated rings. The van der Waals surface area contributed by atoms with Crippen LogP contribution in [0.1, 0.15) is 70.4 Å². The van der Waals surface area contributed by atoms with Crippen LogP contribution in [0.2, 0.25) is 13.3 Å². The van der Waals surface area contributed by atoms with Crippen LogP contribution in [0.15, 0.2) is 41.3 Å². The number of pyridine rings is 2. The van der Waals surface area contributed by atoms with Crippen molar-refractivity contribution in [2.75, 3.05) is 0 Å². The second kappa shape index (κ2) is 14.5. The minimum atomic E-state index is -2.27. The molecule has 0 spiro atoms. The smallest absolute Gasteiger partial charge is 0.108 e. The van der Waals surface area contributed by atoms with Crippen LogP contribution in [0, 0.1) is 13.8 Å². The van der Waals surface area contributed by atoms with Crippen molar-refractivity contribution in [3.05, 3.63) is 52.4 Å². The Morgan fingerprint density at radius 1 is 0.750 bits per heavy atom. The van der Waals surface area contributed by atoms with Gasteiger partial charge >= 0.3 is 130 Å². The van der Waals surface area contributed by atoms with Crippen LogP contribution >= 0.6 is 15.9 Å². The second-order valence-corrected chi connectivity index (χ2v) is 21.6. The number of aromatic nitrogens is 2. The molecule has 156 valence electrons. The summed E-state index contributed by atoms with van der Waals surface area (Å²) in [6.07, 6.45) is 12.1. The van der Waals surface area contributed by atoms with Gasteiger partial charge in [0.05, 0.1) is 0 Å². The van der Waals surface area contributed by atoms with Crippen molar-refractivity contribution in [3.8, 4) is 0 Å². The molecule has 4 heteroatoms. The first-order chi connectivity index (χ1) is 13.5. The number of aryl methyl sites for hydroxylation is 2. The van der Waals surface area contributed by atoms with Crippen LogP contribution in [-0.2, 0) is 0 Å². The maximum absolute atomic E-state index is 4.90. The van der Waals surface area contributed by atoms with E-state index in [1.165, 1.54) is 63.0 Å². The third-order valence-electron chi connectivity index (χ3n) is 5.48. The van der Waals surface area contributed by atoms with Gasteiger partial charge in [0.15, 0.2) is 0 Å². The van der Waals surface area contributed by atoms with Gasteiger partial charge in [0.25, 0.3) is 0 Å². The van der Waals surface area contributed by atoms with E-state index < -0.39 is 18.4 Å². The molecule has 0 aromatic carbocycles. The summed E-state index contributed by atoms with van der Waals surface area (Å²) >= 11 is 1.01. The van der Waals surface area contributed by atoms with Gasteiger partial charge in [0.1, 0.15) is 4.60 Å². The number of unbranched alkanes of at least 4 members (excludes halogenated alkanes) is 3. The minimum absolute atomic E-state index is 0.931. The van der Waals surface area contributed by atoms with Crippen LogP contribution in [-0.4, -0.2) is 28.3 Å². The summed E-state index contributed by atoms with van der Waals surface area (Å²) in [5, 5.41) is 0. The van der Waals surface area contributed by atoms with Crippen LogP contribution in [0.25, 0.3) is 0 Å². The van der Waals surface area contributed by atoms with E-state index in [1.807, 2.05) is 25.3 Å². The van der Waals surface area contributed by atoms with E-state index in [4.69, 9.17) is 4.98 Å². The molecule has 0 atom stereocenters. The summed E-state index contributed by atoms with van der Waals surface area (Å²) in [4.78, 5) is 8.90. The fraction of sp³-hybridized carbons (Fsp3) is 0.583. The molecule has 2 aromatic heterocycles. The van der Waals surface area contributed by atoms with Gasteiger partial charge in [-0.25, -0.2) is 4.98 Å². The maximum Gasteiger partial charge on any atom is 0.108 e. The van der Waals surface area contributed by atoms with Gasteiger partial charge in [-0.15, -0.1) is 0 Å². The zero-order valence-electron chi connectivity index (χ0n) is 18.6. The van der Waals surface area contributed by atoms with Crippen LogP contribution < -0.4 is 3.71 Å². The number of rotatable bonds is 10. The van der Waals surface area contributed by atoms with Crippen LogP contribution in [0.3, 0.4) is 0 Å². The quantitative estimate of drug-likeness (QED) is 0.224. The van der Waals surface area contributed by atoms with E-state index in [2.05, 4.69) is 60.7 Å². The van der Waals surface area contributed by atoms with Gasteiger partial charge in [-0.2, -0.15) is 0 Å². The molecule has 0 radical (unpaired) electrons. The zero-order valence-corrected chi connectivity index (χ0v) is 23.0. The summed E-state index contributed by atoms with van der Waals surface area (Å²) in [7, 11) is 0. The predicted molar refractivity (Wildman–Crippen MR) is 130 cm³/mol. The van der Waals surface area contributed by atoms with E-state index in [-0.39, 0.29) is 0 Å². The van der Waals surface area contributed by atoms with E-state index in [0.717, 1.165) is 4.60 Å². The SMILES string of the molecule is CCC[CH2][Sn]([CH2]CCC)([CH2]CCC)[c]1ncccc1C.Cc1cccnc1Br. The molecule has 0 saturated carbocycles. The first-order valence-corrected chi connectivity index (χ1v) is 19.3. The molecule has 2 heterocycles. The molecule has 0 aliphatic rings. The Bertz CT molecular complexity index is 632. The Labute approximate surface area is 186 Å². The molecule has 0 unspecified atom stereocenters. The second-order valence-electron chi connectivity index (χ2n) is 7.87. The molecule has 2 nitrogen and oxygen atoms in total. The molecule has 0 bridgehead atoms. The van der Waals surface area contributed by atoms with E-state index in [9.17, 15) is 0 Å². The van der Waals surface area contributed by atoms with Gasteiger partial charge in [-0.05, 0) is 34.5 Å². The normalized spacial score (nSPS) is 11.1. The van der Waals surface area contributed by atoms with E-state index in [0.29, 0.717) is 0 Å². The van der Waals surface area contributed by atoms with E-state index >= 15 is 0 Å². The fourth-order valence-electron chi connectivity index (χ4n) is 3.78. The predicted octanol–water partition coefficient (Wildman–Crippen LogP) is 7.60. The molecular weight excluding hydrogens is 515 g/mol. The standard InChI is InChI=1S/C6H6BrN.C6H6N.3C4H9.Sn/c1-5-3-2-4-8-6(5)7;1-6-3-2-4-7-5-6;3*1-3-4-2;/h2-4H,1H3;2-4H,1H3;3*1,3-4H2,2H3;. The van der Waals surface area contributed by atoms with Gasteiger partial charge in [-0.1, -0.05) is 6.07 Å². The van der Waals surface area contributed by atoms with Gasteiger partial charge in [0.2, 0.25) is 0 Å². The van der Waals surface area contributed by atoms with Crippen molar-refractivity contribution in [3.63, 3.8) is 0 Å². The number of nitrogens with zero attached hydrogens (tertiary/aromatic N) is 2. The topological polar surface area (TPSA) is 25.8 Å². The van der Waals surface area contributed by atoms with Crippen molar-refractivity contribution in [2.24, 2.45) is 0 Å². The van der Waals surface area contributed by atoms with Crippen molar-refractivity contribution in [1.82, 2.24) is 9.97 Å². The van der Waals surface area contributed by atoms with Crippen molar-refractivity contribution >= 4 is 38.0 Å². The Kier molecular flexibility index (Phi) is 13.3. The Morgan fingerprint density at radius 2 is 1.21 bits per heavy atom. The molecule has 2 aromatic rings. The number of halogens is 1. The summed E-state index contributed by atoms with van der Waals surface area (Å²) in [6.45, 7) is 11.3. The van der Waals surface area contributed by atoms with Gasteiger partial charge < -0.3 is 0 Å². The van der Waals surface area contributed by atoms with Gasteiger partial charge in [0, 0.05) is 6.20 Å². The van der Waals surface area contributed by atoms with Gasteiger partial charge in [-0.3, -0.25) is 0 Å². The van der Waals surface area contributed by atoms with Crippen LogP contribution in [0.5, 0.6) is 0 Å². The molecule has 0 amide bonds. The summed E-state index contributed by atoms with van der Waals surface area (Å²) in [5.41, 5.74) is 2.65. The van der Waals surface area contributed by atoms with Crippen molar-refractivity contribution in [2.45, 2.75) is 86.5 Å². The Morgan fingerprint density at radius 3 is 1.57 bits per heavy atom. The molecule has 0 aliphatic heterocycles. The molecule has 2 rings (SSSR count). The maximum atomic E-state index is 4.90. The van der Waals surface area contributed by atoms with Crippen molar-refractivity contribution in [1.29, 1.82) is 0 Å². The minimum Gasteiger partial charge on any atom is -0.249 e. The third kappa shape index (κ3) is 8.52. The molecular formula is C24H39BrN2Sn. The number of hydrogen-bond donors (Lipinski definition) is 0. The average molecular weight is 554 g/mol. The average Bonchev–Trinajstić information content (AvgIpc) is 2.71. The van der Waals surface area contributed by atoms with Crippen LogP contribution in [0.4, 0.5) is 0 Å². The largest absolute Gasteiger partial charge is 0.249 e. The third-order valence-corrected chi connectivity index (χ3v) is 21.9. The summed E-state index contributed by atoms with van der Waals surface area (Å²) < 4.78 is 7.08.